The first-order valence-electron chi connectivity index (χ1n) is 7.16. The number of halogens is 1. The van der Waals surface area contributed by atoms with Crippen LogP contribution in [0.15, 0.2) is 30.5 Å². The van der Waals surface area contributed by atoms with Crippen LogP contribution in [0, 0.1) is 18.3 Å². The van der Waals surface area contributed by atoms with Gasteiger partial charge < -0.3 is 9.80 Å². The molecule has 0 aliphatic carbocycles. The predicted octanol–water partition coefficient (Wildman–Crippen LogP) is 2.64. The fourth-order valence-electron chi connectivity index (χ4n) is 2.53. The van der Waals surface area contributed by atoms with Crippen molar-refractivity contribution in [1.82, 2.24) is 9.97 Å². The second-order valence-corrected chi connectivity index (χ2v) is 5.69. The Balaban J connectivity index is 1.69. The molecule has 6 heteroatoms. The fourth-order valence-corrected chi connectivity index (χ4v) is 2.64. The van der Waals surface area contributed by atoms with Gasteiger partial charge in [0.2, 0.25) is 0 Å². The molecule has 0 N–H and O–H groups in total. The van der Waals surface area contributed by atoms with Crippen molar-refractivity contribution in [2.24, 2.45) is 0 Å². The van der Waals surface area contributed by atoms with Gasteiger partial charge in [-0.25, -0.2) is 9.97 Å². The molecule has 112 valence electrons. The molecule has 3 heterocycles. The number of aromatic nitrogens is 2. The number of nitriles is 1. The van der Waals surface area contributed by atoms with Crippen molar-refractivity contribution < 1.29 is 0 Å². The van der Waals surface area contributed by atoms with Gasteiger partial charge in [0, 0.05) is 32.4 Å². The van der Waals surface area contributed by atoms with Crippen LogP contribution < -0.4 is 9.80 Å². The van der Waals surface area contributed by atoms with E-state index in [1.54, 1.807) is 6.20 Å². The maximum Gasteiger partial charge on any atom is 0.145 e. The standard InChI is InChI=1S/C16H16ClN5/c1-12-2-4-16(20-14(12)10-18)22-8-6-21(7-9-22)15-5-3-13(17)11-19-15/h2-5,11H,6-9H2,1H3. The molecule has 0 unspecified atom stereocenters. The first-order chi connectivity index (χ1) is 10.7. The lowest BCUT2D eigenvalue weighted by Gasteiger charge is -2.36. The van der Waals surface area contributed by atoms with Gasteiger partial charge in [-0.15, -0.1) is 0 Å². The molecule has 0 atom stereocenters. The first-order valence-corrected chi connectivity index (χ1v) is 7.54. The summed E-state index contributed by atoms with van der Waals surface area (Å²) < 4.78 is 0. The van der Waals surface area contributed by atoms with Gasteiger partial charge in [0.05, 0.1) is 5.02 Å². The summed E-state index contributed by atoms with van der Waals surface area (Å²) in [6.45, 7) is 5.34. The van der Waals surface area contributed by atoms with Crippen LogP contribution in [0.1, 0.15) is 11.3 Å². The summed E-state index contributed by atoms with van der Waals surface area (Å²) in [6.07, 6.45) is 1.67. The van der Waals surface area contributed by atoms with Gasteiger partial charge in [0.1, 0.15) is 23.4 Å². The van der Waals surface area contributed by atoms with Gasteiger partial charge >= 0.3 is 0 Å². The highest BCUT2D eigenvalue weighted by atomic mass is 35.5. The van der Waals surface area contributed by atoms with E-state index in [-0.39, 0.29) is 0 Å². The molecule has 1 fully saturated rings. The van der Waals surface area contributed by atoms with Crippen molar-refractivity contribution in [3.05, 3.63) is 46.7 Å². The number of rotatable bonds is 2. The van der Waals surface area contributed by atoms with Crippen molar-refractivity contribution >= 4 is 23.2 Å². The van der Waals surface area contributed by atoms with E-state index in [1.807, 2.05) is 31.2 Å². The molecule has 2 aromatic rings. The molecule has 5 nitrogen and oxygen atoms in total. The van der Waals surface area contributed by atoms with Gasteiger partial charge in [-0.1, -0.05) is 17.7 Å². The van der Waals surface area contributed by atoms with Crippen LogP contribution in [0.2, 0.25) is 5.02 Å². The highest BCUT2D eigenvalue weighted by Gasteiger charge is 2.19. The smallest absolute Gasteiger partial charge is 0.145 e. The minimum Gasteiger partial charge on any atom is -0.353 e. The maximum atomic E-state index is 9.10. The van der Waals surface area contributed by atoms with Crippen LogP contribution in [-0.2, 0) is 0 Å². The molecule has 1 aliphatic rings. The highest BCUT2D eigenvalue weighted by molar-refractivity contribution is 6.30. The number of hydrogen-bond donors (Lipinski definition) is 0. The Labute approximate surface area is 134 Å². The summed E-state index contributed by atoms with van der Waals surface area (Å²) in [5.41, 5.74) is 1.41. The number of nitrogens with zero attached hydrogens (tertiary/aromatic N) is 5. The largest absolute Gasteiger partial charge is 0.353 e. The van der Waals surface area contributed by atoms with E-state index in [0.717, 1.165) is 43.4 Å². The zero-order chi connectivity index (χ0) is 15.5. The van der Waals surface area contributed by atoms with Crippen LogP contribution >= 0.6 is 11.6 Å². The van der Waals surface area contributed by atoms with E-state index in [4.69, 9.17) is 16.9 Å². The Hall–Kier alpha value is -2.32. The molecule has 3 rings (SSSR count). The van der Waals surface area contributed by atoms with Gasteiger partial charge in [-0.05, 0) is 30.7 Å². The average molecular weight is 314 g/mol. The Morgan fingerprint density at radius 3 is 2.27 bits per heavy atom. The summed E-state index contributed by atoms with van der Waals surface area (Å²) in [4.78, 5) is 13.2. The predicted molar refractivity (Wildman–Crippen MR) is 87.4 cm³/mol. The zero-order valence-corrected chi connectivity index (χ0v) is 13.1. The molecular formula is C16H16ClN5. The normalized spacial score (nSPS) is 14.8. The van der Waals surface area contributed by atoms with E-state index in [9.17, 15) is 0 Å². The van der Waals surface area contributed by atoms with Gasteiger partial charge in [-0.3, -0.25) is 0 Å². The number of piperazine rings is 1. The Morgan fingerprint density at radius 2 is 1.68 bits per heavy atom. The molecule has 1 saturated heterocycles. The monoisotopic (exact) mass is 313 g/mol. The molecular weight excluding hydrogens is 298 g/mol. The quantitative estimate of drug-likeness (QED) is 0.853. The van der Waals surface area contributed by atoms with Crippen LogP contribution in [-0.4, -0.2) is 36.1 Å². The van der Waals surface area contributed by atoms with Crippen LogP contribution in [0.25, 0.3) is 0 Å². The van der Waals surface area contributed by atoms with E-state index in [1.165, 1.54) is 0 Å². The molecule has 0 aromatic carbocycles. The van der Waals surface area contributed by atoms with Crippen LogP contribution in [0.4, 0.5) is 11.6 Å². The van der Waals surface area contributed by atoms with Gasteiger partial charge in [0.15, 0.2) is 0 Å². The maximum absolute atomic E-state index is 9.10. The van der Waals surface area contributed by atoms with Crippen molar-refractivity contribution in [1.29, 1.82) is 5.26 Å². The third kappa shape index (κ3) is 2.97. The second kappa shape index (κ2) is 6.20. The second-order valence-electron chi connectivity index (χ2n) is 5.26. The highest BCUT2D eigenvalue weighted by Crippen LogP contribution is 2.20. The van der Waals surface area contributed by atoms with Crippen molar-refractivity contribution in [3.63, 3.8) is 0 Å². The third-order valence-electron chi connectivity index (χ3n) is 3.83. The SMILES string of the molecule is Cc1ccc(N2CCN(c3ccc(Cl)cn3)CC2)nc1C#N. The molecule has 0 saturated carbocycles. The summed E-state index contributed by atoms with van der Waals surface area (Å²) in [5, 5.41) is 9.74. The molecule has 0 amide bonds. The molecule has 22 heavy (non-hydrogen) atoms. The Bertz CT molecular complexity index is 699. The van der Waals surface area contributed by atoms with Gasteiger partial charge in [-0.2, -0.15) is 5.26 Å². The molecule has 1 aliphatic heterocycles. The zero-order valence-electron chi connectivity index (χ0n) is 12.3. The lowest BCUT2D eigenvalue weighted by atomic mass is 10.2. The molecule has 0 radical (unpaired) electrons. The summed E-state index contributed by atoms with van der Waals surface area (Å²) in [6, 6.07) is 9.87. The Kier molecular flexibility index (Phi) is 4.12. The van der Waals surface area contributed by atoms with E-state index < -0.39 is 0 Å². The molecule has 0 spiro atoms. The number of anilines is 2. The Morgan fingerprint density at radius 1 is 1.05 bits per heavy atom. The average Bonchev–Trinajstić information content (AvgIpc) is 2.56. The minimum absolute atomic E-state index is 0.499. The number of pyridine rings is 2. The van der Waals surface area contributed by atoms with E-state index >= 15 is 0 Å². The van der Waals surface area contributed by atoms with Crippen molar-refractivity contribution in [3.8, 4) is 6.07 Å². The summed E-state index contributed by atoms with van der Waals surface area (Å²) in [7, 11) is 0. The summed E-state index contributed by atoms with van der Waals surface area (Å²) in [5.74, 6) is 1.81. The van der Waals surface area contributed by atoms with E-state index in [2.05, 4.69) is 25.8 Å². The first kappa shape index (κ1) is 14.6. The van der Waals surface area contributed by atoms with Gasteiger partial charge in [0.25, 0.3) is 0 Å². The topological polar surface area (TPSA) is 56.1 Å². The van der Waals surface area contributed by atoms with Crippen molar-refractivity contribution in [2.45, 2.75) is 6.92 Å². The lowest BCUT2D eigenvalue weighted by molar-refractivity contribution is 0.641. The third-order valence-corrected chi connectivity index (χ3v) is 4.05. The van der Waals surface area contributed by atoms with Crippen LogP contribution in [0.5, 0.6) is 0 Å². The molecule has 2 aromatic heterocycles. The van der Waals surface area contributed by atoms with E-state index in [0.29, 0.717) is 10.7 Å². The van der Waals surface area contributed by atoms with Crippen LogP contribution in [0.3, 0.4) is 0 Å². The number of hydrogen-bond acceptors (Lipinski definition) is 5. The number of aryl methyl sites for hydroxylation is 1. The lowest BCUT2D eigenvalue weighted by Crippen LogP contribution is -2.47. The van der Waals surface area contributed by atoms with Crippen molar-refractivity contribution in [2.75, 3.05) is 36.0 Å². The summed E-state index contributed by atoms with van der Waals surface area (Å²) >= 11 is 5.87. The minimum atomic E-state index is 0.499. The fraction of sp³-hybridized carbons (Fsp3) is 0.312. The molecule has 0 bridgehead atoms.